The molecule has 0 aliphatic carbocycles. The zero-order valence-corrected chi connectivity index (χ0v) is 26.5. The summed E-state index contributed by atoms with van der Waals surface area (Å²) in [5, 5.41) is 0.444. The lowest BCUT2D eigenvalue weighted by Crippen LogP contribution is -2.48. The summed E-state index contributed by atoms with van der Waals surface area (Å²) in [5.41, 5.74) is 0.353. The first-order chi connectivity index (χ1) is 21.6. The maximum absolute atomic E-state index is 13.2. The number of carbonyl (C=O) groups is 3. The maximum atomic E-state index is 13.2. The zero-order valence-electron chi connectivity index (χ0n) is 25.8. The predicted molar refractivity (Wildman–Crippen MR) is 167 cm³/mol. The Morgan fingerprint density at radius 3 is 2.39 bits per heavy atom. The molecular formula is C33H34ClF3N4O5. The van der Waals surface area contributed by atoms with E-state index < -0.39 is 41.3 Å². The van der Waals surface area contributed by atoms with Crippen LogP contribution in [0, 0.1) is 5.92 Å². The number of ether oxygens (including phenoxy) is 1. The molecule has 9 nitrogen and oxygen atoms in total. The number of aromatic nitrogens is 1. The van der Waals surface area contributed by atoms with Crippen LogP contribution in [0.1, 0.15) is 60.3 Å². The Bertz CT molecular complexity index is 1690. The van der Waals surface area contributed by atoms with Gasteiger partial charge in [-0.2, -0.15) is 13.2 Å². The van der Waals surface area contributed by atoms with E-state index in [1.165, 1.54) is 9.80 Å². The van der Waals surface area contributed by atoms with Gasteiger partial charge >= 0.3 is 18.2 Å². The molecule has 3 aromatic rings. The van der Waals surface area contributed by atoms with Crippen molar-refractivity contribution in [3.05, 3.63) is 104 Å². The normalized spacial score (nSPS) is 16.8. The molecule has 46 heavy (non-hydrogen) atoms. The second-order valence-electron chi connectivity index (χ2n) is 11.4. The largest absolute Gasteiger partial charge is 0.462 e. The monoisotopic (exact) mass is 658 g/mol. The minimum absolute atomic E-state index is 0.0988. The first kappa shape index (κ1) is 34.4. The number of benzene rings is 2. The van der Waals surface area contributed by atoms with Crippen molar-refractivity contribution in [2.75, 3.05) is 20.1 Å². The summed E-state index contributed by atoms with van der Waals surface area (Å²) in [4.78, 5) is 58.7. The number of aliphatic imine (C=N–C) groups is 1. The second kappa shape index (κ2) is 14.3. The highest BCUT2D eigenvalue weighted by Gasteiger charge is 2.43. The van der Waals surface area contributed by atoms with E-state index in [0.717, 1.165) is 22.9 Å². The van der Waals surface area contributed by atoms with E-state index in [2.05, 4.69) is 4.99 Å². The van der Waals surface area contributed by atoms with Crippen LogP contribution in [-0.2, 0) is 22.3 Å². The molecule has 0 radical (unpaired) electrons. The Kier molecular flexibility index (Phi) is 10.7. The van der Waals surface area contributed by atoms with Crippen LogP contribution in [-0.4, -0.2) is 64.2 Å². The standard InChI is InChI=1S/C33H34ClF3N4O5/c1-20(2)46-31(44)28-21(3)38-32(45)41(29(28)24-7-5-8-26(34)17-24)16-6-15-39(4)30(43)23-11-9-22(10-12-23)18-40-19-25(33(35,36)37)13-14-27(40)42/h5,7-14,17,19-20,28-29H,6,15-16,18H2,1-4H3. The van der Waals surface area contributed by atoms with Crippen LogP contribution >= 0.6 is 11.6 Å². The van der Waals surface area contributed by atoms with Crippen molar-refractivity contribution in [1.82, 2.24) is 14.4 Å². The fourth-order valence-electron chi connectivity index (χ4n) is 5.29. The molecule has 0 saturated heterocycles. The number of nitrogens with zero attached hydrogens (tertiary/aromatic N) is 4. The van der Waals surface area contributed by atoms with E-state index in [9.17, 15) is 32.3 Å². The number of pyridine rings is 1. The minimum Gasteiger partial charge on any atom is -0.462 e. The van der Waals surface area contributed by atoms with Gasteiger partial charge in [0.15, 0.2) is 0 Å². The molecule has 0 fully saturated rings. The fourth-order valence-corrected chi connectivity index (χ4v) is 5.49. The van der Waals surface area contributed by atoms with E-state index >= 15 is 0 Å². The third-order valence-electron chi connectivity index (χ3n) is 7.52. The summed E-state index contributed by atoms with van der Waals surface area (Å²) >= 11 is 6.26. The molecule has 13 heteroatoms. The average molecular weight is 659 g/mol. The van der Waals surface area contributed by atoms with Crippen molar-refractivity contribution in [2.45, 2.75) is 52.1 Å². The number of carbonyl (C=O) groups excluding carboxylic acids is 3. The quantitative estimate of drug-likeness (QED) is 0.240. The van der Waals surface area contributed by atoms with E-state index in [1.54, 1.807) is 76.3 Å². The van der Waals surface area contributed by atoms with E-state index in [0.29, 0.717) is 33.8 Å². The predicted octanol–water partition coefficient (Wildman–Crippen LogP) is 6.24. The molecule has 2 aromatic carbocycles. The fraction of sp³-hybridized carbons (Fsp3) is 0.364. The number of hydrogen-bond donors (Lipinski definition) is 0. The Hall–Kier alpha value is -4.45. The van der Waals surface area contributed by atoms with Gasteiger partial charge in [0.2, 0.25) is 0 Å². The number of rotatable bonds is 10. The third-order valence-corrected chi connectivity index (χ3v) is 7.75. The first-order valence-corrected chi connectivity index (χ1v) is 15.0. The van der Waals surface area contributed by atoms with Crippen molar-refractivity contribution in [3.8, 4) is 0 Å². The zero-order chi connectivity index (χ0) is 33.8. The van der Waals surface area contributed by atoms with Crippen LogP contribution in [0.2, 0.25) is 5.02 Å². The molecule has 2 atom stereocenters. The van der Waals surface area contributed by atoms with E-state index in [1.807, 2.05) is 0 Å². The van der Waals surface area contributed by atoms with Crippen molar-refractivity contribution in [3.63, 3.8) is 0 Å². The van der Waals surface area contributed by atoms with Gasteiger partial charge in [-0.05, 0) is 68.7 Å². The lowest BCUT2D eigenvalue weighted by molar-refractivity contribution is -0.151. The summed E-state index contributed by atoms with van der Waals surface area (Å²) in [6, 6.07) is 13.5. The molecule has 244 valence electrons. The lowest BCUT2D eigenvalue weighted by atomic mass is 9.86. The van der Waals surface area contributed by atoms with Gasteiger partial charge in [-0.3, -0.25) is 14.4 Å². The molecule has 1 aromatic heterocycles. The summed E-state index contributed by atoms with van der Waals surface area (Å²) in [5.74, 6) is -1.66. The van der Waals surface area contributed by atoms with E-state index in [-0.39, 0.29) is 31.6 Å². The summed E-state index contributed by atoms with van der Waals surface area (Å²) < 4.78 is 45.7. The van der Waals surface area contributed by atoms with Crippen LogP contribution < -0.4 is 5.56 Å². The van der Waals surface area contributed by atoms with Crippen LogP contribution in [0.5, 0.6) is 0 Å². The number of alkyl halides is 3. The molecule has 0 N–H and O–H groups in total. The average Bonchev–Trinajstić information content (AvgIpc) is 2.98. The number of esters is 1. The SMILES string of the molecule is CC1=NC(=O)N(CCCN(C)C(=O)c2ccc(Cn3cc(C(F)(F)F)ccc3=O)cc2)C(c2cccc(Cl)c2)C1C(=O)OC(C)C. The van der Waals surface area contributed by atoms with Gasteiger partial charge in [0, 0.05) is 48.7 Å². The molecule has 0 spiro atoms. The van der Waals surface area contributed by atoms with Crippen LogP contribution in [0.15, 0.2) is 76.6 Å². The highest BCUT2D eigenvalue weighted by molar-refractivity contribution is 6.30. The van der Waals surface area contributed by atoms with Gasteiger partial charge in [0.1, 0.15) is 5.92 Å². The van der Waals surface area contributed by atoms with Crippen molar-refractivity contribution < 1.29 is 32.3 Å². The van der Waals surface area contributed by atoms with Gasteiger partial charge < -0.3 is 19.1 Å². The van der Waals surface area contributed by atoms with Gasteiger partial charge in [-0.15, -0.1) is 0 Å². The molecule has 0 saturated carbocycles. The van der Waals surface area contributed by atoms with Crippen LogP contribution in [0.3, 0.4) is 0 Å². The Balaban J connectivity index is 1.44. The number of urea groups is 1. The molecule has 1 aliphatic heterocycles. The van der Waals surface area contributed by atoms with Gasteiger partial charge in [-0.1, -0.05) is 35.9 Å². The Labute approximate surface area is 269 Å². The third kappa shape index (κ3) is 8.22. The van der Waals surface area contributed by atoms with Crippen molar-refractivity contribution in [1.29, 1.82) is 0 Å². The highest BCUT2D eigenvalue weighted by Crippen LogP contribution is 2.36. The van der Waals surface area contributed by atoms with Gasteiger partial charge in [-0.25, -0.2) is 9.79 Å². The summed E-state index contributed by atoms with van der Waals surface area (Å²) in [7, 11) is 1.61. The summed E-state index contributed by atoms with van der Waals surface area (Å²) in [6.45, 7) is 5.44. The van der Waals surface area contributed by atoms with Crippen molar-refractivity contribution >= 4 is 35.2 Å². The van der Waals surface area contributed by atoms with Crippen LogP contribution in [0.4, 0.5) is 18.0 Å². The molecule has 1 aliphatic rings. The minimum atomic E-state index is -4.58. The second-order valence-corrected chi connectivity index (χ2v) is 11.8. The molecule has 2 heterocycles. The first-order valence-electron chi connectivity index (χ1n) is 14.6. The van der Waals surface area contributed by atoms with Crippen molar-refractivity contribution in [2.24, 2.45) is 10.9 Å². The Morgan fingerprint density at radius 1 is 1.07 bits per heavy atom. The number of amides is 3. The smallest absolute Gasteiger partial charge is 0.417 e. The van der Waals surface area contributed by atoms with Crippen LogP contribution in [0.25, 0.3) is 0 Å². The van der Waals surface area contributed by atoms with E-state index in [4.69, 9.17) is 16.3 Å². The molecular weight excluding hydrogens is 625 g/mol. The molecule has 3 amide bonds. The Morgan fingerprint density at radius 2 is 1.76 bits per heavy atom. The molecule has 2 unspecified atom stereocenters. The lowest BCUT2D eigenvalue weighted by Gasteiger charge is -2.39. The number of halogens is 4. The van der Waals surface area contributed by atoms with Gasteiger partial charge in [0.25, 0.3) is 11.5 Å². The molecule has 4 rings (SSSR count). The molecule has 0 bridgehead atoms. The summed E-state index contributed by atoms with van der Waals surface area (Å²) in [6.07, 6.45) is -3.83. The highest BCUT2D eigenvalue weighted by atomic mass is 35.5. The van der Waals surface area contributed by atoms with Gasteiger partial charge in [0.05, 0.1) is 24.3 Å². The number of hydrogen-bond acceptors (Lipinski definition) is 5. The topological polar surface area (TPSA) is 101 Å². The maximum Gasteiger partial charge on any atom is 0.417 e.